The Kier molecular flexibility index (Phi) is 6.02. The molecule has 0 unspecified atom stereocenters. The standard InChI is InChI=1S/C16H23ClFN/c1-10(2)12(5)15(9-19-11(3)4)14-7-6-13(17)8-16(14)18/h6-8,10-11,15,19H,5,9H2,1-4H3/t15-/m0/s1. The Morgan fingerprint density at radius 2 is 1.95 bits per heavy atom. The highest BCUT2D eigenvalue weighted by Crippen LogP contribution is 2.31. The fourth-order valence-corrected chi connectivity index (χ4v) is 2.14. The zero-order valence-corrected chi connectivity index (χ0v) is 12.9. The van der Waals surface area contributed by atoms with E-state index in [0.29, 0.717) is 29.1 Å². The van der Waals surface area contributed by atoms with Crippen LogP contribution in [0, 0.1) is 11.7 Å². The van der Waals surface area contributed by atoms with Gasteiger partial charge >= 0.3 is 0 Å². The molecule has 3 heteroatoms. The summed E-state index contributed by atoms with van der Waals surface area (Å²) in [6, 6.07) is 5.22. The molecule has 1 nitrogen and oxygen atoms in total. The summed E-state index contributed by atoms with van der Waals surface area (Å²) in [5, 5.41) is 3.78. The quantitative estimate of drug-likeness (QED) is 0.741. The molecule has 0 aromatic heterocycles. The van der Waals surface area contributed by atoms with Crippen molar-refractivity contribution in [3.8, 4) is 0 Å². The average Bonchev–Trinajstić information content (AvgIpc) is 2.30. The molecule has 106 valence electrons. The average molecular weight is 284 g/mol. The van der Waals surface area contributed by atoms with Crippen molar-refractivity contribution in [3.63, 3.8) is 0 Å². The van der Waals surface area contributed by atoms with E-state index in [1.165, 1.54) is 6.07 Å². The molecule has 0 radical (unpaired) electrons. The van der Waals surface area contributed by atoms with Gasteiger partial charge in [-0.15, -0.1) is 0 Å². The summed E-state index contributed by atoms with van der Waals surface area (Å²) in [5.41, 5.74) is 1.70. The van der Waals surface area contributed by atoms with Gasteiger partial charge in [0.05, 0.1) is 0 Å². The van der Waals surface area contributed by atoms with Crippen LogP contribution in [0.15, 0.2) is 30.4 Å². The third kappa shape index (κ3) is 4.63. The molecule has 0 aliphatic rings. The lowest BCUT2D eigenvalue weighted by molar-refractivity contribution is 0.515. The fourth-order valence-electron chi connectivity index (χ4n) is 1.98. The maximum absolute atomic E-state index is 14.1. The first-order chi connectivity index (χ1) is 8.82. The van der Waals surface area contributed by atoms with Crippen LogP contribution >= 0.6 is 11.6 Å². The van der Waals surface area contributed by atoms with Gasteiger partial charge in [0.15, 0.2) is 0 Å². The Hall–Kier alpha value is -0.860. The number of nitrogens with one attached hydrogen (secondary N) is 1. The minimum absolute atomic E-state index is 0.0281. The first kappa shape index (κ1) is 16.2. The molecule has 1 aromatic carbocycles. The lowest BCUT2D eigenvalue weighted by Gasteiger charge is -2.25. The third-order valence-electron chi connectivity index (χ3n) is 3.26. The molecule has 0 bridgehead atoms. The molecule has 0 amide bonds. The monoisotopic (exact) mass is 283 g/mol. The van der Waals surface area contributed by atoms with Gasteiger partial charge in [-0.05, 0) is 23.6 Å². The van der Waals surface area contributed by atoms with Crippen LogP contribution in [0.1, 0.15) is 39.2 Å². The molecule has 1 atom stereocenters. The van der Waals surface area contributed by atoms with Gasteiger partial charge in [-0.3, -0.25) is 0 Å². The highest BCUT2D eigenvalue weighted by Gasteiger charge is 2.21. The van der Waals surface area contributed by atoms with Crippen molar-refractivity contribution in [1.29, 1.82) is 0 Å². The van der Waals surface area contributed by atoms with Gasteiger partial charge in [-0.2, -0.15) is 0 Å². The predicted octanol–water partition coefficient (Wildman–Crippen LogP) is 4.77. The molecule has 0 heterocycles. The van der Waals surface area contributed by atoms with E-state index in [0.717, 1.165) is 5.57 Å². The molecule has 0 saturated carbocycles. The van der Waals surface area contributed by atoms with Gasteiger partial charge < -0.3 is 5.32 Å². The van der Waals surface area contributed by atoms with Crippen LogP contribution in [0.3, 0.4) is 0 Å². The summed E-state index contributed by atoms with van der Waals surface area (Å²) in [7, 11) is 0. The van der Waals surface area contributed by atoms with Gasteiger partial charge in [-0.25, -0.2) is 4.39 Å². The second-order valence-corrected chi connectivity index (χ2v) is 5.95. The summed E-state index contributed by atoms with van der Waals surface area (Å²) in [6.45, 7) is 13.1. The summed E-state index contributed by atoms with van der Waals surface area (Å²) < 4.78 is 14.1. The highest BCUT2D eigenvalue weighted by molar-refractivity contribution is 6.30. The summed E-state index contributed by atoms with van der Waals surface area (Å²) in [6.07, 6.45) is 0. The third-order valence-corrected chi connectivity index (χ3v) is 3.49. The predicted molar refractivity (Wildman–Crippen MR) is 81.3 cm³/mol. The van der Waals surface area contributed by atoms with Gasteiger partial charge in [0, 0.05) is 23.5 Å². The molecule has 0 saturated heterocycles. The Labute approximate surface area is 120 Å². The molecule has 0 aliphatic heterocycles. The van der Waals surface area contributed by atoms with Crippen molar-refractivity contribution in [2.75, 3.05) is 6.54 Å². The second-order valence-electron chi connectivity index (χ2n) is 5.51. The van der Waals surface area contributed by atoms with E-state index in [-0.39, 0.29) is 11.7 Å². The van der Waals surface area contributed by atoms with Crippen molar-refractivity contribution >= 4 is 11.6 Å². The minimum atomic E-state index is -0.259. The van der Waals surface area contributed by atoms with E-state index in [2.05, 4.69) is 39.6 Å². The van der Waals surface area contributed by atoms with Gasteiger partial charge in [0.1, 0.15) is 5.82 Å². The van der Waals surface area contributed by atoms with Crippen molar-refractivity contribution in [1.82, 2.24) is 5.32 Å². The number of halogens is 2. The van der Waals surface area contributed by atoms with Crippen molar-refractivity contribution in [2.24, 2.45) is 5.92 Å². The molecule has 1 N–H and O–H groups in total. The number of hydrogen-bond donors (Lipinski definition) is 1. The second kappa shape index (κ2) is 7.06. The van der Waals surface area contributed by atoms with E-state index >= 15 is 0 Å². The van der Waals surface area contributed by atoms with Crippen LogP contribution in [0.2, 0.25) is 5.02 Å². The largest absolute Gasteiger partial charge is 0.314 e. The lowest BCUT2D eigenvalue weighted by atomic mass is 9.85. The van der Waals surface area contributed by atoms with E-state index in [1.54, 1.807) is 12.1 Å². The molecule has 1 rings (SSSR count). The Morgan fingerprint density at radius 1 is 1.32 bits per heavy atom. The maximum atomic E-state index is 14.1. The van der Waals surface area contributed by atoms with E-state index in [4.69, 9.17) is 11.6 Å². The molecular weight excluding hydrogens is 261 g/mol. The van der Waals surface area contributed by atoms with Crippen molar-refractivity contribution in [3.05, 3.63) is 46.8 Å². The topological polar surface area (TPSA) is 12.0 Å². The normalized spacial score (nSPS) is 13.1. The van der Waals surface area contributed by atoms with Crippen LogP contribution < -0.4 is 5.32 Å². The van der Waals surface area contributed by atoms with E-state index in [1.807, 2.05) is 0 Å². The number of rotatable bonds is 6. The van der Waals surface area contributed by atoms with Crippen LogP contribution in [-0.2, 0) is 0 Å². The zero-order valence-electron chi connectivity index (χ0n) is 12.1. The first-order valence-corrected chi connectivity index (χ1v) is 7.07. The van der Waals surface area contributed by atoms with Crippen LogP contribution in [-0.4, -0.2) is 12.6 Å². The Balaban J connectivity index is 3.04. The summed E-state index contributed by atoms with van der Waals surface area (Å²) in [4.78, 5) is 0. The van der Waals surface area contributed by atoms with Crippen molar-refractivity contribution in [2.45, 2.75) is 39.7 Å². The SMILES string of the molecule is C=C(C(C)C)[C@H](CNC(C)C)c1ccc(Cl)cc1F. The Morgan fingerprint density at radius 3 is 2.42 bits per heavy atom. The molecular formula is C16H23ClFN. The summed E-state index contributed by atoms with van der Waals surface area (Å²) in [5.74, 6) is 0.0264. The molecule has 0 aliphatic carbocycles. The van der Waals surface area contributed by atoms with Crippen LogP contribution in [0.25, 0.3) is 0 Å². The Bertz CT molecular complexity index is 440. The maximum Gasteiger partial charge on any atom is 0.128 e. The van der Waals surface area contributed by atoms with Crippen LogP contribution in [0.5, 0.6) is 0 Å². The smallest absolute Gasteiger partial charge is 0.128 e. The minimum Gasteiger partial charge on any atom is -0.314 e. The van der Waals surface area contributed by atoms with E-state index < -0.39 is 0 Å². The lowest BCUT2D eigenvalue weighted by Crippen LogP contribution is -2.30. The molecule has 1 aromatic rings. The molecule has 19 heavy (non-hydrogen) atoms. The van der Waals surface area contributed by atoms with Crippen LogP contribution in [0.4, 0.5) is 4.39 Å². The number of hydrogen-bond acceptors (Lipinski definition) is 1. The highest BCUT2D eigenvalue weighted by atomic mass is 35.5. The fraction of sp³-hybridized carbons (Fsp3) is 0.500. The number of benzene rings is 1. The van der Waals surface area contributed by atoms with Gasteiger partial charge in [0.2, 0.25) is 0 Å². The first-order valence-electron chi connectivity index (χ1n) is 6.70. The zero-order chi connectivity index (χ0) is 14.6. The molecule has 0 spiro atoms. The summed E-state index contributed by atoms with van der Waals surface area (Å²) >= 11 is 5.81. The molecule has 0 fully saturated rings. The van der Waals surface area contributed by atoms with E-state index in [9.17, 15) is 4.39 Å². The van der Waals surface area contributed by atoms with Gasteiger partial charge in [-0.1, -0.05) is 57.5 Å². The van der Waals surface area contributed by atoms with Crippen molar-refractivity contribution < 1.29 is 4.39 Å². The van der Waals surface area contributed by atoms with Gasteiger partial charge in [0.25, 0.3) is 0 Å².